The molecule has 0 amide bonds. The van der Waals surface area contributed by atoms with Gasteiger partial charge in [0.05, 0.1) is 37.1 Å². The number of hydrogen-bond donors (Lipinski definition) is 2. The van der Waals surface area contributed by atoms with Crippen LogP contribution in [0.1, 0.15) is 12.6 Å². The summed E-state index contributed by atoms with van der Waals surface area (Å²) in [6.07, 6.45) is 3.67. The maximum atomic E-state index is 9.99. The highest BCUT2D eigenvalue weighted by Gasteiger charge is 2.35. The normalized spacial score (nSPS) is 22.4. The molecule has 0 unspecified atom stereocenters. The van der Waals surface area contributed by atoms with Crippen molar-refractivity contribution in [2.24, 2.45) is 0 Å². The largest absolute Gasteiger partial charge is 0.410 e. The van der Waals surface area contributed by atoms with Crippen molar-refractivity contribution in [3.05, 3.63) is 36.6 Å². The van der Waals surface area contributed by atoms with Gasteiger partial charge in [-0.2, -0.15) is 0 Å². The third-order valence-electron chi connectivity index (χ3n) is 4.67. The lowest BCUT2D eigenvalue weighted by Crippen LogP contribution is -2.31. The van der Waals surface area contributed by atoms with E-state index in [9.17, 15) is 10.2 Å². The fourth-order valence-corrected chi connectivity index (χ4v) is 3.20. The van der Waals surface area contributed by atoms with Gasteiger partial charge < -0.3 is 40.1 Å². The summed E-state index contributed by atoms with van der Waals surface area (Å²) in [7, 11) is 3.92. The SMILES string of the molecule is CN(C)c1cc[n+](-c2nc([NH-])nc3c2ncn3[C@H]2C[C@H](O)[C@@H](CO)O2)cc1. The van der Waals surface area contributed by atoms with Crippen molar-refractivity contribution in [3.8, 4) is 5.82 Å². The second kappa shape index (κ2) is 6.72. The number of nitrogens with zero attached hydrogens (tertiary/aromatic N) is 6. The molecular formula is C17H21N7O3. The molecule has 1 saturated heterocycles. The molecule has 3 atom stereocenters. The van der Waals surface area contributed by atoms with Crippen LogP contribution in [0.15, 0.2) is 30.9 Å². The van der Waals surface area contributed by atoms with Crippen LogP contribution >= 0.6 is 0 Å². The van der Waals surface area contributed by atoms with Gasteiger partial charge in [0, 0.05) is 44.3 Å². The standard InChI is InChI=1S/C17H21N7O3/c1-22(2)10-3-5-23(6-4-10)15-14-16(21-17(18)20-15)24(9-19-14)13-7-11(26)12(8-25)27-13/h3-6,9,11-13,25-26H,7-8H2,1-2H3,(H-,18,20,21)/t11-,12+,13+/m0/s1. The second-order valence-corrected chi connectivity index (χ2v) is 6.67. The number of aliphatic hydroxyl groups is 2. The van der Waals surface area contributed by atoms with E-state index in [2.05, 4.69) is 15.0 Å². The van der Waals surface area contributed by atoms with Crippen LogP contribution in [-0.4, -0.2) is 62.6 Å². The Morgan fingerprint density at radius 3 is 2.70 bits per heavy atom. The maximum absolute atomic E-state index is 9.99. The van der Waals surface area contributed by atoms with Gasteiger partial charge in [0.2, 0.25) is 0 Å². The number of imidazole rings is 1. The first-order chi connectivity index (χ1) is 13.0. The molecule has 3 N–H and O–H groups in total. The van der Waals surface area contributed by atoms with Crippen LogP contribution in [0, 0.1) is 0 Å². The van der Waals surface area contributed by atoms with E-state index in [1.165, 1.54) is 0 Å². The van der Waals surface area contributed by atoms with Gasteiger partial charge >= 0.3 is 0 Å². The fraction of sp³-hybridized carbons (Fsp3) is 0.412. The molecule has 0 radical (unpaired) electrons. The molecule has 0 bridgehead atoms. The lowest BCUT2D eigenvalue weighted by atomic mass is 10.2. The lowest BCUT2D eigenvalue weighted by Gasteiger charge is -2.16. The van der Waals surface area contributed by atoms with E-state index >= 15 is 0 Å². The number of rotatable bonds is 4. The predicted molar refractivity (Wildman–Crippen MR) is 96.8 cm³/mol. The van der Waals surface area contributed by atoms with Gasteiger partial charge in [-0.3, -0.25) is 0 Å². The van der Waals surface area contributed by atoms with Gasteiger partial charge in [-0.05, 0) is 0 Å². The van der Waals surface area contributed by atoms with Gasteiger partial charge in [0.1, 0.15) is 17.8 Å². The number of nitrogens with one attached hydrogen (secondary N) is 1. The van der Waals surface area contributed by atoms with Crippen LogP contribution in [0.2, 0.25) is 0 Å². The summed E-state index contributed by atoms with van der Waals surface area (Å²) in [6.45, 7) is -0.262. The Balaban J connectivity index is 1.77. The van der Waals surface area contributed by atoms with E-state index in [0.29, 0.717) is 23.4 Å². The fourth-order valence-electron chi connectivity index (χ4n) is 3.20. The van der Waals surface area contributed by atoms with Gasteiger partial charge in [0.15, 0.2) is 5.82 Å². The zero-order valence-corrected chi connectivity index (χ0v) is 15.0. The topological polar surface area (TPSA) is 124 Å². The van der Waals surface area contributed by atoms with Crippen molar-refractivity contribution < 1.29 is 19.5 Å². The molecule has 1 aliphatic heterocycles. The summed E-state index contributed by atoms with van der Waals surface area (Å²) in [4.78, 5) is 14.8. The highest BCUT2D eigenvalue weighted by Crippen LogP contribution is 2.31. The first kappa shape index (κ1) is 17.6. The monoisotopic (exact) mass is 371 g/mol. The number of aliphatic hydroxyl groups excluding tert-OH is 2. The van der Waals surface area contributed by atoms with Crippen LogP contribution in [0.4, 0.5) is 11.6 Å². The van der Waals surface area contributed by atoms with Crippen LogP contribution < -0.4 is 9.47 Å². The first-order valence-corrected chi connectivity index (χ1v) is 8.57. The number of hydrogen-bond acceptors (Lipinski definition) is 7. The molecule has 1 aliphatic rings. The van der Waals surface area contributed by atoms with Crippen LogP contribution in [-0.2, 0) is 4.74 Å². The molecule has 27 heavy (non-hydrogen) atoms. The van der Waals surface area contributed by atoms with Gasteiger partial charge in [-0.15, -0.1) is 0 Å². The number of aromatic nitrogens is 5. The minimum Gasteiger partial charge on any atom is -0.410 e. The number of ether oxygens (including phenoxy) is 1. The van der Waals surface area contributed by atoms with Crippen molar-refractivity contribution in [2.75, 3.05) is 25.6 Å². The molecule has 10 nitrogen and oxygen atoms in total. The summed E-state index contributed by atoms with van der Waals surface area (Å²) < 4.78 is 9.15. The highest BCUT2D eigenvalue weighted by atomic mass is 16.5. The Hall–Kier alpha value is -2.82. The molecular weight excluding hydrogens is 350 g/mol. The van der Waals surface area contributed by atoms with Gasteiger partial charge in [0.25, 0.3) is 0 Å². The van der Waals surface area contributed by atoms with Crippen molar-refractivity contribution >= 4 is 22.8 Å². The molecule has 3 aromatic rings. The number of pyridine rings is 1. The third kappa shape index (κ3) is 3.07. The average molecular weight is 371 g/mol. The highest BCUT2D eigenvalue weighted by molar-refractivity contribution is 5.78. The Labute approximate surface area is 155 Å². The van der Waals surface area contributed by atoms with E-state index in [-0.39, 0.29) is 12.6 Å². The Morgan fingerprint density at radius 1 is 1.33 bits per heavy atom. The lowest BCUT2D eigenvalue weighted by molar-refractivity contribution is -0.597. The Kier molecular flexibility index (Phi) is 4.38. The van der Waals surface area contributed by atoms with Crippen LogP contribution in [0.5, 0.6) is 0 Å². The van der Waals surface area contributed by atoms with Crippen LogP contribution in [0.25, 0.3) is 22.7 Å². The molecule has 4 heterocycles. The zero-order chi connectivity index (χ0) is 19.1. The molecule has 0 saturated carbocycles. The first-order valence-electron chi connectivity index (χ1n) is 8.57. The van der Waals surface area contributed by atoms with Crippen molar-refractivity contribution in [2.45, 2.75) is 24.9 Å². The average Bonchev–Trinajstić information content (AvgIpc) is 3.24. The number of fused-ring (bicyclic) bond motifs is 1. The zero-order valence-electron chi connectivity index (χ0n) is 15.0. The summed E-state index contributed by atoms with van der Waals surface area (Å²) >= 11 is 0. The van der Waals surface area contributed by atoms with Crippen molar-refractivity contribution in [1.82, 2.24) is 19.5 Å². The molecule has 142 valence electrons. The van der Waals surface area contributed by atoms with Crippen LogP contribution in [0.3, 0.4) is 0 Å². The van der Waals surface area contributed by atoms with E-state index in [0.717, 1.165) is 5.69 Å². The molecule has 3 aromatic heterocycles. The smallest absolute Gasteiger partial charge is 0.182 e. The molecule has 10 heteroatoms. The van der Waals surface area contributed by atoms with Crippen molar-refractivity contribution in [3.63, 3.8) is 0 Å². The molecule has 0 aliphatic carbocycles. The minimum absolute atomic E-state index is 0.138. The summed E-state index contributed by atoms with van der Waals surface area (Å²) in [5.74, 6) is 0.354. The molecule has 0 spiro atoms. The summed E-state index contributed by atoms with van der Waals surface area (Å²) in [5, 5.41) is 19.3. The van der Waals surface area contributed by atoms with E-state index in [1.54, 1.807) is 15.5 Å². The Morgan fingerprint density at radius 2 is 2.07 bits per heavy atom. The number of anilines is 1. The van der Waals surface area contributed by atoms with Gasteiger partial charge in [-0.25, -0.2) is 9.55 Å². The quantitative estimate of drug-likeness (QED) is 0.640. The Bertz CT molecular complexity index is 957. The summed E-state index contributed by atoms with van der Waals surface area (Å²) in [6, 6.07) is 3.88. The predicted octanol–water partition coefficient (Wildman–Crippen LogP) is 0.493. The van der Waals surface area contributed by atoms with E-state index in [1.807, 2.05) is 43.5 Å². The molecule has 1 fully saturated rings. The maximum Gasteiger partial charge on any atom is 0.182 e. The third-order valence-corrected chi connectivity index (χ3v) is 4.67. The van der Waals surface area contributed by atoms with E-state index in [4.69, 9.17) is 10.5 Å². The van der Waals surface area contributed by atoms with E-state index < -0.39 is 18.4 Å². The summed E-state index contributed by atoms with van der Waals surface area (Å²) in [5.41, 5.74) is 10.00. The van der Waals surface area contributed by atoms with Crippen molar-refractivity contribution in [1.29, 1.82) is 0 Å². The molecule has 0 aromatic carbocycles. The second-order valence-electron chi connectivity index (χ2n) is 6.67. The molecule has 4 rings (SSSR count). The van der Waals surface area contributed by atoms with Gasteiger partial charge in [-0.1, -0.05) is 0 Å². The minimum atomic E-state index is -0.762.